The van der Waals surface area contributed by atoms with Gasteiger partial charge in [-0.2, -0.15) is 5.10 Å². The van der Waals surface area contributed by atoms with Gasteiger partial charge in [-0.15, -0.1) is 0 Å². The van der Waals surface area contributed by atoms with E-state index in [-0.39, 0.29) is 0 Å². The molecule has 0 amide bonds. The number of benzene rings is 2. The van der Waals surface area contributed by atoms with Crippen molar-refractivity contribution < 1.29 is 0 Å². The molecule has 2 aromatic carbocycles. The van der Waals surface area contributed by atoms with Crippen molar-refractivity contribution in [3.8, 4) is 11.3 Å². The second-order valence-corrected chi connectivity index (χ2v) is 4.54. The monoisotopic (exact) mass is 248 g/mol. The molecule has 1 heterocycles. The molecule has 0 N–H and O–H groups in total. The zero-order chi connectivity index (χ0) is 12.9. The van der Waals surface area contributed by atoms with E-state index in [4.69, 9.17) is 0 Å². The molecule has 0 aliphatic heterocycles. The van der Waals surface area contributed by atoms with Crippen molar-refractivity contribution in [2.45, 2.75) is 13.0 Å². The maximum Gasteiger partial charge on any atom is 0.0682 e. The predicted molar refractivity (Wildman–Crippen MR) is 77.8 cm³/mol. The largest absolute Gasteiger partial charge is 0.265 e. The van der Waals surface area contributed by atoms with E-state index in [2.05, 4.69) is 64.4 Å². The first-order valence-electron chi connectivity index (χ1n) is 6.54. The zero-order valence-corrected chi connectivity index (χ0v) is 10.7. The van der Waals surface area contributed by atoms with Gasteiger partial charge in [0.25, 0.3) is 0 Å². The highest BCUT2D eigenvalue weighted by Crippen LogP contribution is 2.18. The minimum Gasteiger partial charge on any atom is -0.265 e. The lowest BCUT2D eigenvalue weighted by atomic mass is 10.1. The zero-order valence-electron chi connectivity index (χ0n) is 10.7. The van der Waals surface area contributed by atoms with Crippen molar-refractivity contribution in [1.82, 2.24) is 9.78 Å². The standard InChI is InChI=1S/C17H16N2/c1-3-7-15(8-4-1)12-14-19-17(11-13-18-19)16-9-5-2-6-10-16/h1-11,13H,12,14H2. The van der Waals surface area contributed by atoms with Gasteiger partial charge < -0.3 is 0 Å². The van der Waals surface area contributed by atoms with Gasteiger partial charge in [0, 0.05) is 12.7 Å². The van der Waals surface area contributed by atoms with Crippen LogP contribution in [0.15, 0.2) is 72.9 Å². The molecule has 0 saturated carbocycles. The van der Waals surface area contributed by atoms with Crippen LogP contribution in [-0.2, 0) is 13.0 Å². The molecule has 0 fully saturated rings. The van der Waals surface area contributed by atoms with E-state index >= 15 is 0 Å². The van der Waals surface area contributed by atoms with Gasteiger partial charge in [0.15, 0.2) is 0 Å². The molecule has 0 atom stereocenters. The SMILES string of the molecule is c1ccc(CCn2nccc2-c2ccccc2)cc1. The van der Waals surface area contributed by atoms with Crippen molar-refractivity contribution in [2.75, 3.05) is 0 Å². The van der Waals surface area contributed by atoms with Gasteiger partial charge in [-0.05, 0) is 23.6 Å². The Balaban J connectivity index is 1.78. The summed E-state index contributed by atoms with van der Waals surface area (Å²) in [4.78, 5) is 0. The molecule has 2 nitrogen and oxygen atoms in total. The summed E-state index contributed by atoms with van der Waals surface area (Å²) < 4.78 is 2.07. The van der Waals surface area contributed by atoms with Gasteiger partial charge >= 0.3 is 0 Å². The Morgan fingerprint density at radius 1 is 0.789 bits per heavy atom. The van der Waals surface area contributed by atoms with Gasteiger partial charge in [0.05, 0.1) is 5.69 Å². The molecule has 0 unspecified atom stereocenters. The maximum atomic E-state index is 4.42. The average molecular weight is 248 g/mol. The van der Waals surface area contributed by atoms with Gasteiger partial charge in [-0.3, -0.25) is 4.68 Å². The van der Waals surface area contributed by atoms with E-state index in [0.29, 0.717) is 0 Å². The Morgan fingerprint density at radius 3 is 2.21 bits per heavy atom. The highest BCUT2D eigenvalue weighted by Gasteiger charge is 2.04. The molecule has 0 radical (unpaired) electrons. The van der Waals surface area contributed by atoms with Crippen molar-refractivity contribution >= 4 is 0 Å². The van der Waals surface area contributed by atoms with Crippen LogP contribution in [0, 0.1) is 0 Å². The molecule has 19 heavy (non-hydrogen) atoms. The minimum atomic E-state index is 0.904. The third kappa shape index (κ3) is 2.74. The van der Waals surface area contributed by atoms with E-state index in [1.807, 2.05) is 18.3 Å². The van der Waals surface area contributed by atoms with Crippen LogP contribution in [0.1, 0.15) is 5.56 Å². The summed E-state index contributed by atoms with van der Waals surface area (Å²) in [5, 5.41) is 4.42. The quantitative estimate of drug-likeness (QED) is 0.687. The molecule has 0 aliphatic carbocycles. The van der Waals surface area contributed by atoms with E-state index in [1.165, 1.54) is 16.8 Å². The average Bonchev–Trinajstić information content (AvgIpc) is 2.95. The highest BCUT2D eigenvalue weighted by molar-refractivity contribution is 5.58. The smallest absolute Gasteiger partial charge is 0.0682 e. The van der Waals surface area contributed by atoms with Crippen LogP contribution in [0.4, 0.5) is 0 Å². The van der Waals surface area contributed by atoms with E-state index < -0.39 is 0 Å². The highest BCUT2D eigenvalue weighted by atomic mass is 15.3. The lowest BCUT2D eigenvalue weighted by Gasteiger charge is -2.07. The fourth-order valence-electron chi connectivity index (χ4n) is 2.24. The summed E-state index contributed by atoms with van der Waals surface area (Å²) in [6.07, 6.45) is 2.87. The Kier molecular flexibility index (Phi) is 3.41. The molecule has 0 spiro atoms. The van der Waals surface area contributed by atoms with Crippen LogP contribution in [0.2, 0.25) is 0 Å². The number of aromatic nitrogens is 2. The molecule has 0 saturated heterocycles. The molecular weight excluding hydrogens is 232 g/mol. The van der Waals surface area contributed by atoms with Crippen molar-refractivity contribution in [3.05, 3.63) is 78.5 Å². The Morgan fingerprint density at radius 2 is 1.47 bits per heavy atom. The summed E-state index contributed by atoms with van der Waals surface area (Å²) in [6.45, 7) is 0.904. The van der Waals surface area contributed by atoms with Gasteiger partial charge in [-0.25, -0.2) is 0 Å². The second-order valence-electron chi connectivity index (χ2n) is 4.54. The van der Waals surface area contributed by atoms with Crippen LogP contribution < -0.4 is 0 Å². The maximum absolute atomic E-state index is 4.42. The molecule has 94 valence electrons. The van der Waals surface area contributed by atoms with Crippen LogP contribution >= 0.6 is 0 Å². The molecule has 0 bridgehead atoms. The lowest BCUT2D eigenvalue weighted by Crippen LogP contribution is -2.04. The Labute approximate surface area is 113 Å². The van der Waals surface area contributed by atoms with Crippen molar-refractivity contribution in [2.24, 2.45) is 0 Å². The van der Waals surface area contributed by atoms with E-state index in [1.54, 1.807) is 0 Å². The number of hydrogen-bond donors (Lipinski definition) is 0. The first-order chi connectivity index (χ1) is 9.43. The summed E-state index contributed by atoms with van der Waals surface area (Å²) >= 11 is 0. The Hall–Kier alpha value is -2.35. The van der Waals surface area contributed by atoms with Gasteiger partial charge in [0.1, 0.15) is 0 Å². The first-order valence-corrected chi connectivity index (χ1v) is 6.54. The predicted octanol–water partition coefficient (Wildman–Crippen LogP) is 3.79. The van der Waals surface area contributed by atoms with Crippen LogP contribution in [-0.4, -0.2) is 9.78 Å². The van der Waals surface area contributed by atoms with Crippen molar-refractivity contribution in [1.29, 1.82) is 0 Å². The van der Waals surface area contributed by atoms with Crippen LogP contribution in [0.3, 0.4) is 0 Å². The number of aryl methyl sites for hydroxylation is 2. The summed E-state index contributed by atoms with van der Waals surface area (Å²) in [5.74, 6) is 0. The fourth-order valence-corrected chi connectivity index (χ4v) is 2.24. The molecule has 2 heteroatoms. The summed E-state index contributed by atoms with van der Waals surface area (Å²) in [7, 11) is 0. The number of hydrogen-bond acceptors (Lipinski definition) is 1. The number of nitrogens with zero attached hydrogens (tertiary/aromatic N) is 2. The lowest BCUT2D eigenvalue weighted by molar-refractivity contribution is 0.621. The minimum absolute atomic E-state index is 0.904. The third-order valence-corrected chi connectivity index (χ3v) is 3.24. The first kappa shape index (κ1) is 11.7. The van der Waals surface area contributed by atoms with Crippen LogP contribution in [0.5, 0.6) is 0 Å². The molecule has 3 aromatic rings. The topological polar surface area (TPSA) is 17.8 Å². The molecule has 3 rings (SSSR count). The summed E-state index contributed by atoms with van der Waals surface area (Å²) in [5.41, 5.74) is 3.74. The van der Waals surface area contributed by atoms with E-state index in [9.17, 15) is 0 Å². The van der Waals surface area contributed by atoms with E-state index in [0.717, 1.165) is 13.0 Å². The Bertz CT molecular complexity index is 627. The van der Waals surface area contributed by atoms with Crippen LogP contribution in [0.25, 0.3) is 11.3 Å². The normalized spacial score (nSPS) is 10.5. The number of rotatable bonds is 4. The van der Waals surface area contributed by atoms with Gasteiger partial charge in [-0.1, -0.05) is 60.7 Å². The molecular formula is C17H16N2. The van der Waals surface area contributed by atoms with Crippen molar-refractivity contribution in [3.63, 3.8) is 0 Å². The third-order valence-electron chi connectivity index (χ3n) is 3.24. The molecule has 1 aromatic heterocycles. The fraction of sp³-hybridized carbons (Fsp3) is 0.118. The second kappa shape index (κ2) is 5.53. The molecule has 0 aliphatic rings. The summed E-state index contributed by atoms with van der Waals surface area (Å²) in [6, 6.07) is 23.0. The van der Waals surface area contributed by atoms with Gasteiger partial charge in [0.2, 0.25) is 0 Å².